The van der Waals surface area contributed by atoms with Crippen LogP contribution < -0.4 is 5.43 Å². The Labute approximate surface area is 203 Å². The van der Waals surface area contributed by atoms with Gasteiger partial charge in [-0.25, -0.2) is 0 Å². The van der Waals surface area contributed by atoms with Gasteiger partial charge in [-0.05, 0) is 38.5 Å². The fraction of sp³-hybridized carbons (Fsp3) is 0.400. The second-order valence-corrected chi connectivity index (χ2v) is 8.45. The Morgan fingerprint density at radius 1 is 1.09 bits per heavy atom. The average molecular weight is 484 g/mol. The number of ether oxygens (including phenoxy) is 2. The summed E-state index contributed by atoms with van der Waals surface area (Å²) in [7, 11) is 0. The molecule has 0 saturated heterocycles. The van der Waals surface area contributed by atoms with E-state index >= 15 is 0 Å². The molecule has 0 unspecified atom stereocenters. The first-order valence-electron chi connectivity index (χ1n) is 11.4. The largest absolute Gasteiger partial charge is 0.466 e. The highest BCUT2D eigenvalue weighted by atomic mass is 16.6. The monoisotopic (exact) mass is 483 g/mol. The number of benzene rings is 2. The van der Waals surface area contributed by atoms with E-state index in [1.54, 1.807) is 38.1 Å². The van der Waals surface area contributed by atoms with Gasteiger partial charge in [-0.2, -0.15) is 5.10 Å². The lowest BCUT2D eigenvalue weighted by atomic mass is 9.61. The maximum atomic E-state index is 13.2. The smallest absolute Gasteiger partial charge is 0.315 e. The molecule has 10 heteroatoms. The third-order valence-electron chi connectivity index (χ3n) is 5.96. The van der Waals surface area contributed by atoms with Gasteiger partial charge >= 0.3 is 11.9 Å². The van der Waals surface area contributed by atoms with Crippen molar-refractivity contribution in [2.75, 3.05) is 18.6 Å². The number of nitro groups is 1. The Hall–Kier alpha value is -3.79. The first-order chi connectivity index (χ1) is 16.7. The van der Waals surface area contributed by atoms with E-state index in [1.807, 2.05) is 6.07 Å². The summed E-state index contributed by atoms with van der Waals surface area (Å²) in [6.45, 7) is 5.13. The first-order valence-corrected chi connectivity index (χ1v) is 11.4. The van der Waals surface area contributed by atoms with E-state index in [0.29, 0.717) is 17.0 Å². The SMILES string of the molecule is CCOC(=O)[C@@H]1/C(=N/Nc2ccc([N+](=O)[O-])cc2)C[C@](C)(O)[C@@H](C(=O)OCC)[C@H]1c1ccccc1. The average Bonchev–Trinajstić information content (AvgIpc) is 2.82. The van der Waals surface area contributed by atoms with Crippen LogP contribution in [0.25, 0.3) is 0 Å². The standard InChI is InChI=1S/C25H29N3O7/c1-4-34-23(29)21-19(27-26-17-11-13-18(14-12-17)28(32)33)15-25(3,31)22(24(30)35-5-2)20(21)16-9-7-6-8-10-16/h6-14,20-22,26,31H,4-5,15H2,1-3H3/b27-19+/t20-,21+,22+,25-/m0/s1. The highest BCUT2D eigenvalue weighted by Gasteiger charge is 2.56. The molecule has 3 rings (SSSR count). The van der Waals surface area contributed by atoms with Gasteiger partial charge in [0.05, 0.1) is 41.1 Å². The van der Waals surface area contributed by atoms with Gasteiger partial charge in [-0.15, -0.1) is 0 Å². The summed E-state index contributed by atoms with van der Waals surface area (Å²) >= 11 is 0. The van der Waals surface area contributed by atoms with E-state index in [-0.39, 0.29) is 25.3 Å². The van der Waals surface area contributed by atoms with Gasteiger partial charge in [-0.3, -0.25) is 25.1 Å². The molecule has 1 aliphatic carbocycles. The summed E-state index contributed by atoms with van der Waals surface area (Å²) in [5.74, 6) is -4.00. The molecule has 2 N–H and O–H groups in total. The van der Waals surface area contributed by atoms with Gasteiger partial charge in [0.2, 0.25) is 0 Å². The van der Waals surface area contributed by atoms with Crippen LogP contribution in [-0.2, 0) is 19.1 Å². The van der Waals surface area contributed by atoms with Crippen molar-refractivity contribution in [3.63, 3.8) is 0 Å². The lowest BCUT2D eigenvalue weighted by Gasteiger charge is -2.45. The summed E-state index contributed by atoms with van der Waals surface area (Å²) < 4.78 is 10.6. The van der Waals surface area contributed by atoms with E-state index in [0.717, 1.165) is 0 Å². The number of non-ortho nitro benzene ring substituents is 1. The van der Waals surface area contributed by atoms with Crippen LogP contribution >= 0.6 is 0 Å². The molecule has 0 spiro atoms. The minimum absolute atomic E-state index is 0.0744. The predicted molar refractivity (Wildman–Crippen MR) is 129 cm³/mol. The Kier molecular flexibility index (Phi) is 8.18. The second kappa shape index (κ2) is 11.1. The number of esters is 2. The molecule has 0 aromatic heterocycles. The van der Waals surface area contributed by atoms with Crippen molar-refractivity contribution in [1.82, 2.24) is 0 Å². The molecule has 1 fully saturated rings. The van der Waals surface area contributed by atoms with E-state index in [2.05, 4.69) is 10.5 Å². The van der Waals surface area contributed by atoms with Crippen LogP contribution in [-0.4, -0.2) is 46.5 Å². The summed E-state index contributed by atoms with van der Waals surface area (Å²) in [5.41, 5.74) is 2.57. The Balaban J connectivity index is 2.09. The molecule has 0 amide bonds. The number of nitrogens with one attached hydrogen (secondary N) is 1. The lowest BCUT2D eigenvalue weighted by Crippen LogP contribution is -2.55. The second-order valence-electron chi connectivity index (χ2n) is 8.45. The van der Waals surface area contributed by atoms with Gasteiger partial charge in [0.25, 0.3) is 5.69 Å². The molecular weight excluding hydrogens is 454 g/mol. The van der Waals surface area contributed by atoms with Crippen LogP contribution in [0, 0.1) is 22.0 Å². The molecule has 0 bridgehead atoms. The molecule has 0 aliphatic heterocycles. The van der Waals surface area contributed by atoms with Crippen LogP contribution in [0.15, 0.2) is 59.7 Å². The number of aliphatic hydroxyl groups is 1. The molecule has 10 nitrogen and oxygen atoms in total. The molecule has 35 heavy (non-hydrogen) atoms. The number of hydrogen-bond donors (Lipinski definition) is 2. The fourth-order valence-electron chi connectivity index (χ4n) is 4.48. The van der Waals surface area contributed by atoms with Crippen LogP contribution in [0.4, 0.5) is 11.4 Å². The third-order valence-corrected chi connectivity index (χ3v) is 5.96. The number of nitrogens with zero attached hydrogens (tertiary/aromatic N) is 2. The summed E-state index contributed by atoms with van der Waals surface area (Å²) in [5, 5.41) is 26.7. The van der Waals surface area contributed by atoms with Crippen LogP contribution in [0.3, 0.4) is 0 Å². The zero-order chi connectivity index (χ0) is 25.6. The summed E-state index contributed by atoms with van der Waals surface area (Å²) in [4.78, 5) is 36.7. The predicted octanol–water partition coefficient (Wildman–Crippen LogP) is 3.66. The maximum Gasteiger partial charge on any atom is 0.315 e. The van der Waals surface area contributed by atoms with Crippen LogP contribution in [0.5, 0.6) is 0 Å². The molecule has 0 radical (unpaired) electrons. The number of carbonyl (C=O) groups is 2. The van der Waals surface area contributed by atoms with Crippen molar-refractivity contribution in [2.45, 2.75) is 38.7 Å². The van der Waals surface area contributed by atoms with Crippen molar-refractivity contribution >= 4 is 29.0 Å². The maximum absolute atomic E-state index is 13.2. The van der Waals surface area contributed by atoms with Gasteiger partial charge in [-0.1, -0.05) is 30.3 Å². The van der Waals surface area contributed by atoms with Crippen LogP contribution in [0.1, 0.15) is 38.7 Å². The zero-order valence-corrected chi connectivity index (χ0v) is 19.8. The molecule has 1 saturated carbocycles. The van der Waals surface area contributed by atoms with Gasteiger partial charge in [0.1, 0.15) is 5.92 Å². The Bertz CT molecular complexity index is 1080. The number of carbonyl (C=O) groups excluding carboxylic acids is 2. The molecule has 2 aromatic carbocycles. The zero-order valence-electron chi connectivity index (χ0n) is 19.8. The highest BCUT2D eigenvalue weighted by molar-refractivity contribution is 6.06. The molecular formula is C25H29N3O7. The van der Waals surface area contributed by atoms with Crippen molar-refractivity contribution < 1.29 is 29.1 Å². The molecule has 1 aliphatic rings. The van der Waals surface area contributed by atoms with Gasteiger partial charge < -0.3 is 14.6 Å². The van der Waals surface area contributed by atoms with Crippen molar-refractivity contribution in [3.8, 4) is 0 Å². The highest BCUT2D eigenvalue weighted by Crippen LogP contribution is 2.47. The minimum Gasteiger partial charge on any atom is -0.466 e. The van der Waals surface area contributed by atoms with E-state index in [4.69, 9.17) is 9.47 Å². The Morgan fingerprint density at radius 2 is 1.69 bits per heavy atom. The quantitative estimate of drug-likeness (QED) is 0.329. The molecule has 2 aromatic rings. The number of hydrogen-bond acceptors (Lipinski definition) is 9. The number of hydrazone groups is 1. The normalized spacial score (nSPS) is 25.0. The number of nitro benzene ring substituents is 1. The minimum atomic E-state index is -1.58. The fourth-order valence-corrected chi connectivity index (χ4v) is 4.48. The van der Waals surface area contributed by atoms with Crippen molar-refractivity contribution in [3.05, 3.63) is 70.3 Å². The third kappa shape index (κ3) is 5.83. The van der Waals surface area contributed by atoms with Gasteiger partial charge in [0, 0.05) is 24.5 Å². The Morgan fingerprint density at radius 3 is 2.26 bits per heavy atom. The number of anilines is 1. The van der Waals surface area contributed by atoms with Crippen LogP contribution in [0.2, 0.25) is 0 Å². The van der Waals surface area contributed by atoms with E-state index < -0.39 is 40.2 Å². The lowest BCUT2D eigenvalue weighted by molar-refractivity contribution is -0.384. The van der Waals surface area contributed by atoms with E-state index in [9.17, 15) is 24.8 Å². The van der Waals surface area contributed by atoms with Gasteiger partial charge in [0.15, 0.2) is 0 Å². The topological polar surface area (TPSA) is 140 Å². The molecule has 186 valence electrons. The molecule has 0 heterocycles. The van der Waals surface area contributed by atoms with E-state index in [1.165, 1.54) is 31.2 Å². The summed E-state index contributed by atoms with van der Waals surface area (Å²) in [6, 6.07) is 14.6. The first kappa shape index (κ1) is 25.8. The van der Waals surface area contributed by atoms with Crippen molar-refractivity contribution in [1.29, 1.82) is 0 Å². The van der Waals surface area contributed by atoms with Crippen molar-refractivity contribution in [2.24, 2.45) is 16.9 Å². The summed E-state index contributed by atoms with van der Waals surface area (Å²) in [6.07, 6.45) is -0.0940. The molecule has 4 atom stereocenters. The number of rotatable bonds is 8.